The smallest absolute Gasteiger partial charge is 0.340 e. The van der Waals surface area contributed by atoms with Crippen LogP contribution in [0.4, 0.5) is 5.69 Å². The van der Waals surface area contributed by atoms with E-state index in [-0.39, 0.29) is 24.5 Å². The van der Waals surface area contributed by atoms with Crippen molar-refractivity contribution in [1.29, 1.82) is 0 Å². The second-order valence-electron chi connectivity index (χ2n) is 5.17. The largest absolute Gasteiger partial charge is 0.462 e. The Labute approximate surface area is 135 Å². The monoisotopic (exact) mass is 340 g/mol. The molecule has 0 aromatic heterocycles. The summed E-state index contributed by atoms with van der Waals surface area (Å²) >= 11 is 0. The summed E-state index contributed by atoms with van der Waals surface area (Å²) < 4.78 is 29.9. The van der Waals surface area contributed by atoms with Crippen LogP contribution in [0.3, 0.4) is 0 Å². The van der Waals surface area contributed by atoms with Gasteiger partial charge < -0.3 is 10.1 Å². The Morgan fingerprint density at radius 1 is 1.26 bits per heavy atom. The zero-order valence-electron chi connectivity index (χ0n) is 12.9. The zero-order chi connectivity index (χ0) is 16.9. The van der Waals surface area contributed by atoms with Gasteiger partial charge in [0.2, 0.25) is 15.9 Å². The summed E-state index contributed by atoms with van der Waals surface area (Å²) in [6.07, 6.45) is 1.36. The maximum absolute atomic E-state index is 12.1. The van der Waals surface area contributed by atoms with Crippen molar-refractivity contribution in [2.75, 3.05) is 30.8 Å². The number of hydrogen-bond acceptors (Lipinski definition) is 5. The lowest BCUT2D eigenvalue weighted by Crippen LogP contribution is -2.42. The second kappa shape index (κ2) is 7.56. The number of carbonyl (C=O) groups excluding carboxylic acids is 2. The van der Waals surface area contributed by atoms with Gasteiger partial charge in [-0.3, -0.25) is 4.79 Å². The van der Waals surface area contributed by atoms with Gasteiger partial charge in [-0.25, -0.2) is 13.2 Å². The van der Waals surface area contributed by atoms with Gasteiger partial charge in [0, 0.05) is 6.54 Å². The molecule has 1 amide bonds. The first-order valence-corrected chi connectivity index (χ1v) is 9.09. The van der Waals surface area contributed by atoms with E-state index in [0.29, 0.717) is 18.7 Å². The summed E-state index contributed by atoms with van der Waals surface area (Å²) in [5.41, 5.74) is 0.551. The Bertz CT molecular complexity index is 687. The Hall–Kier alpha value is -1.93. The van der Waals surface area contributed by atoms with Crippen LogP contribution in [0.1, 0.15) is 30.1 Å². The van der Waals surface area contributed by atoms with Gasteiger partial charge in [-0.2, -0.15) is 4.31 Å². The van der Waals surface area contributed by atoms with E-state index in [9.17, 15) is 18.0 Å². The van der Waals surface area contributed by atoms with Crippen LogP contribution in [-0.2, 0) is 19.6 Å². The van der Waals surface area contributed by atoms with Gasteiger partial charge >= 0.3 is 5.97 Å². The van der Waals surface area contributed by atoms with Crippen molar-refractivity contribution < 1.29 is 22.7 Å². The molecule has 1 aliphatic heterocycles. The number of hydrogen-bond donors (Lipinski definition) is 1. The molecule has 0 radical (unpaired) electrons. The fourth-order valence-electron chi connectivity index (χ4n) is 2.35. The molecule has 1 saturated heterocycles. The summed E-state index contributed by atoms with van der Waals surface area (Å²) in [7, 11) is -3.37. The lowest BCUT2D eigenvalue weighted by Gasteiger charge is -2.25. The third kappa shape index (κ3) is 4.52. The fraction of sp³-hybridized carbons (Fsp3) is 0.467. The molecule has 0 atom stereocenters. The summed E-state index contributed by atoms with van der Waals surface area (Å²) in [4.78, 5) is 24.0. The van der Waals surface area contributed by atoms with Gasteiger partial charge in [-0.05, 0) is 31.9 Å². The van der Waals surface area contributed by atoms with Crippen LogP contribution in [-0.4, -0.2) is 50.0 Å². The van der Waals surface area contributed by atoms with Crippen molar-refractivity contribution in [3.05, 3.63) is 29.8 Å². The molecule has 1 aromatic rings. The summed E-state index contributed by atoms with van der Waals surface area (Å²) in [5, 5.41) is 2.59. The predicted molar refractivity (Wildman–Crippen MR) is 85.6 cm³/mol. The summed E-state index contributed by atoms with van der Waals surface area (Å²) in [5.74, 6) is -0.944. The van der Waals surface area contributed by atoms with Crippen LogP contribution < -0.4 is 5.32 Å². The number of ether oxygens (including phenoxy) is 1. The van der Waals surface area contributed by atoms with Crippen LogP contribution in [0.15, 0.2) is 24.3 Å². The molecule has 0 unspecified atom stereocenters. The number of amides is 1. The van der Waals surface area contributed by atoms with Crippen molar-refractivity contribution in [2.45, 2.75) is 19.8 Å². The van der Waals surface area contributed by atoms with Gasteiger partial charge in [0.15, 0.2) is 0 Å². The van der Waals surface area contributed by atoms with Crippen LogP contribution in [0.2, 0.25) is 0 Å². The fourth-order valence-corrected chi connectivity index (χ4v) is 3.90. The maximum atomic E-state index is 12.1. The molecule has 0 aliphatic carbocycles. The Morgan fingerprint density at radius 3 is 2.70 bits per heavy atom. The summed E-state index contributed by atoms with van der Waals surface area (Å²) in [6, 6.07) is 6.47. The number of carbonyl (C=O) groups is 2. The number of nitrogens with zero attached hydrogens (tertiary/aromatic N) is 1. The first-order valence-electron chi connectivity index (χ1n) is 7.48. The van der Waals surface area contributed by atoms with Crippen molar-refractivity contribution in [1.82, 2.24) is 4.31 Å². The van der Waals surface area contributed by atoms with Gasteiger partial charge in [-0.1, -0.05) is 12.1 Å². The first kappa shape index (κ1) is 17.4. The molecule has 1 aliphatic rings. The average molecular weight is 340 g/mol. The van der Waals surface area contributed by atoms with E-state index in [1.165, 1.54) is 4.31 Å². The van der Waals surface area contributed by atoms with Gasteiger partial charge in [0.25, 0.3) is 0 Å². The number of nitrogens with one attached hydrogen (secondary N) is 1. The van der Waals surface area contributed by atoms with Crippen molar-refractivity contribution in [3.63, 3.8) is 0 Å². The molecular formula is C15H20N2O5S. The molecule has 23 heavy (non-hydrogen) atoms. The van der Waals surface area contributed by atoms with E-state index in [1.807, 2.05) is 0 Å². The SMILES string of the molecule is CCOC(=O)c1ccccc1NC(=O)CN1CCCCS1(=O)=O. The normalized spacial score (nSPS) is 17.4. The number of benzene rings is 1. The van der Waals surface area contributed by atoms with E-state index in [0.717, 1.165) is 6.42 Å². The van der Waals surface area contributed by atoms with Crippen LogP contribution in [0.25, 0.3) is 0 Å². The Balaban J connectivity index is 2.07. The molecular weight excluding hydrogens is 320 g/mol. The molecule has 2 rings (SSSR count). The highest BCUT2D eigenvalue weighted by molar-refractivity contribution is 7.89. The number of para-hydroxylation sites is 1. The van der Waals surface area contributed by atoms with Crippen LogP contribution in [0, 0.1) is 0 Å². The Morgan fingerprint density at radius 2 is 2.00 bits per heavy atom. The van der Waals surface area contributed by atoms with E-state index in [4.69, 9.17) is 4.74 Å². The topological polar surface area (TPSA) is 92.8 Å². The van der Waals surface area contributed by atoms with Crippen molar-refractivity contribution in [3.8, 4) is 0 Å². The molecule has 126 valence electrons. The molecule has 0 saturated carbocycles. The molecule has 0 bridgehead atoms. The molecule has 0 spiro atoms. The second-order valence-corrected chi connectivity index (χ2v) is 7.26. The molecule has 1 heterocycles. The molecule has 7 nitrogen and oxygen atoms in total. The molecule has 1 N–H and O–H groups in total. The van der Waals surface area contributed by atoms with Gasteiger partial charge in [0.1, 0.15) is 0 Å². The highest BCUT2D eigenvalue weighted by atomic mass is 32.2. The van der Waals surface area contributed by atoms with E-state index >= 15 is 0 Å². The van der Waals surface area contributed by atoms with E-state index in [1.54, 1.807) is 31.2 Å². The predicted octanol–water partition coefficient (Wildman–Crippen LogP) is 1.23. The standard InChI is InChI=1S/C15H20N2O5S/c1-2-22-15(19)12-7-3-4-8-13(12)16-14(18)11-17-9-5-6-10-23(17,20)21/h3-4,7-8H,2,5-6,9-11H2,1H3,(H,16,18). The van der Waals surface area contributed by atoms with Crippen molar-refractivity contribution >= 4 is 27.6 Å². The molecule has 1 aromatic carbocycles. The Kier molecular flexibility index (Phi) is 5.73. The van der Waals surface area contributed by atoms with Crippen molar-refractivity contribution in [2.24, 2.45) is 0 Å². The van der Waals surface area contributed by atoms with E-state index in [2.05, 4.69) is 5.32 Å². The number of esters is 1. The minimum absolute atomic E-state index is 0.0691. The van der Waals surface area contributed by atoms with Gasteiger partial charge in [0.05, 0.1) is 30.2 Å². The highest BCUT2D eigenvalue weighted by Gasteiger charge is 2.27. The maximum Gasteiger partial charge on any atom is 0.340 e. The minimum atomic E-state index is -3.37. The van der Waals surface area contributed by atoms with Gasteiger partial charge in [-0.15, -0.1) is 0 Å². The first-order chi connectivity index (χ1) is 10.9. The van der Waals surface area contributed by atoms with E-state index < -0.39 is 21.9 Å². The number of sulfonamides is 1. The number of rotatable bonds is 5. The quantitative estimate of drug-likeness (QED) is 0.814. The van der Waals surface area contributed by atoms with Crippen LogP contribution in [0.5, 0.6) is 0 Å². The number of anilines is 1. The average Bonchev–Trinajstić information content (AvgIpc) is 2.50. The third-order valence-corrected chi connectivity index (χ3v) is 5.37. The van der Waals surface area contributed by atoms with Crippen LogP contribution >= 0.6 is 0 Å². The zero-order valence-corrected chi connectivity index (χ0v) is 13.8. The molecule has 8 heteroatoms. The summed E-state index contributed by atoms with van der Waals surface area (Å²) in [6.45, 7) is 2.02. The lowest BCUT2D eigenvalue weighted by molar-refractivity contribution is -0.116. The highest BCUT2D eigenvalue weighted by Crippen LogP contribution is 2.17. The lowest BCUT2D eigenvalue weighted by atomic mass is 10.2. The molecule has 1 fully saturated rings. The third-order valence-electron chi connectivity index (χ3n) is 3.47. The minimum Gasteiger partial charge on any atom is -0.462 e.